The monoisotopic (exact) mass is 249 g/mol. The van der Waals surface area contributed by atoms with Crippen molar-refractivity contribution < 1.29 is 15.3 Å². The Morgan fingerprint density at radius 1 is 1.22 bits per heavy atom. The zero-order chi connectivity index (χ0) is 12.7. The number of nitrogens with zero attached hydrogens (tertiary/aromatic N) is 1. The van der Waals surface area contributed by atoms with E-state index in [2.05, 4.69) is 4.90 Å². The molecule has 1 aromatic carbocycles. The van der Waals surface area contributed by atoms with Crippen molar-refractivity contribution in [3.63, 3.8) is 0 Å². The number of benzene rings is 1. The fourth-order valence-electron chi connectivity index (χ4n) is 3.61. The molecule has 98 valence electrons. The minimum Gasteiger partial charge on any atom is -0.504 e. The molecule has 0 radical (unpaired) electrons. The van der Waals surface area contributed by atoms with E-state index in [0.717, 1.165) is 37.9 Å². The molecule has 0 unspecified atom stereocenters. The van der Waals surface area contributed by atoms with Crippen LogP contribution in [-0.2, 0) is 6.42 Å². The smallest absolute Gasteiger partial charge is 0.160 e. The van der Waals surface area contributed by atoms with Gasteiger partial charge in [0.15, 0.2) is 11.5 Å². The van der Waals surface area contributed by atoms with E-state index in [4.69, 9.17) is 5.11 Å². The van der Waals surface area contributed by atoms with Gasteiger partial charge >= 0.3 is 0 Å². The van der Waals surface area contributed by atoms with Gasteiger partial charge in [-0.05, 0) is 37.4 Å². The first-order chi connectivity index (χ1) is 8.72. The summed E-state index contributed by atoms with van der Waals surface area (Å²) in [5, 5.41) is 28.6. The molecule has 1 fully saturated rings. The number of aromatic hydroxyl groups is 2. The Morgan fingerprint density at radius 3 is 2.83 bits per heavy atom. The van der Waals surface area contributed by atoms with Gasteiger partial charge in [-0.15, -0.1) is 0 Å². The normalized spacial score (nSPS) is 26.9. The van der Waals surface area contributed by atoms with E-state index in [1.165, 1.54) is 5.56 Å². The van der Waals surface area contributed by atoms with Gasteiger partial charge in [-0.1, -0.05) is 6.07 Å². The van der Waals surface area contributed by atoms with Gasteiger partial charge < -0.3 is 15.3 Å². The highest BCUT2D eigenvalue weighted by Gasteiger charge is 2.39. The zero-order valence-corrected chi connectivity index (χ0v) is 10.3. The largest absolute Gasteiger partial charge is 0.504 e. The summed E-state index contributed by atoms with van der Waals surface area (Å²) >= 11 is 0. The Labute approximate surface area is 106 Å². The van der Waals surface area contributed by atoms with E-state index in [1.54, 1.807) is 6.07 Å². The number of likely N-dealkylation sites (tertiary alicyclic amines) is 1. The molecule has 1 aliphatic heterocycles. The van der Waals surface area contributed by atoms with Crippen molar-refractivity contribution in [3.05, 3.63) is 23.3 Å². The Morgan fingerprint density at radius 2 is 2.06 bits per heavy atom. The Balaban J connectivity index is 1.94. The van der Waals surface area contributed by atoms with Crippen molar-refractivity contribution in [1.29, 1.82) is 0 Å². The van der Waals surface area contributed by atoms with Crippen LogP contribution in [0.1, 0.15) is 29.9 Å². The molecular weight excluding hydrogens is 230 g/mol. The van der Waals surface area contributed by atoms with Gasteiger partial charge in [0.2, 0.25) is 0 Å². The predicted octanol–water partition coefficient (Wildman–Crippen LogP) is 1.19. The number of phenolic OH excluding ortho intramolecular Hbond substituents is 2. The second kappa shape index (κ2) is 4.44. The maximum atomic E-state index is 9.93. The van der Waals surface area contributed by atoms with Gasteiger partial charge in [-0.25, -0.2) is 0 Å². The van der Waals surface area contributed by atoms with Crippen LogP contribution >= 0.6 is 0 Å². The number of hydrogen-bond donors (Lipinski definition) is 3. The Hall–Kier alpha value is -1.26. The van der Waals surface area contributed by atoms with Crippen molar-refractivity contribution in [3.8, 4) is 11.5 Å². The van der Waals surface area contributed by atoms with Crippen LogP contribution in [-0.4, -0.2) is 46.0 Å². The molecule has 0 saturated carbocycles. The molecule has 1 aliphatic carbocycles. The maximum Gasteiger partial charge on any atom is 0.160 e. The molecule has 0 amide bonds. The molecular formula is C14H19NO3. The first-order valence-corrected chi connectivity index (χ1v) is 6.61. The SMILES string of the molecule is OCCN1CC[C@H]2c3ccc(O)c(O)c3CC[C@H]21. The predicted molar refractivity (Wildman–Crippen MR) is 67.9 cm³/mol. The standard InChI is InChI=1S/C14H19NO3/c16-8-7-15-6-5-10-9-2-4-13(17)14(18)11(9)1-3-12(10)15/h2,4,10,12,16-18H,1,3,5-8H2/t10-,12+/m0/s1. The molecule has 0 bridgehead atoms. The summed E-state index contributed by atoms with van der Waals surface area (Å²) in [4.78, 5) is 2.34. The average Bonchev–Trinajstić information content (AvgIpc) is 2.78. The molecule has 0 spiro atoms. The molecule has 0 aromatic heterocycles. The molecule has 4 nitrogen and oxygen atoms in total. The number of β-amino-alcohol motifs (C(OH)–C–C–N with tert-alkyl or cyclic N) is 1. The third kappa shape index (κ3) is 1.68. The van der Waals surface area contributed by atoms with E-state index >= 15 is 0 Å². The van der Waals surface area contributed by atoms with Crippen molar-refractivity contribution in [1.82, 2.24) is 4.90 Å². The fraction of sp³-hybridized carbons (Fsp3) is 0.571. The van der Waals surface area contributed by atoms with Crippen LogP contribution in [0.2, 0.25) is 0 Å². The molecule has 1 saturated heterocycles. The summed E-state index contributed by atoms with van der Waals surface area (Å²) in [6.45, 7) is 1.95. The van der Waals surface area contributed by atoms with Crippen LogP contribution in [0.3, 0.4) is 0 Å². The lowest BCUT2D eigenvalue weighted by atomic mass is 9.79. The highest BCUT2D eigenvalue weighted by molar-refractivity contribution is 5.52. The van der Waals surface area contributed by atoms with E-state index < -0.39 is 0 Å². The van der Waals surface area contributed by atoms with Crippen molar-refractivity contribution in [2.24, 2.45) is 0 Å². The topological polar surface area (TPSA) is 63.9 Å². The van der Waals surface area contributed by atoms with Gasteiger partial charge in [0.1, 0.15) is 0 Å². The van der Waals surface area contributed by atoms with Crippen LogP contribution in [0.25, 0.3) is 0 Å². The number of aliphatic hydroxyl groups excluding tert-OH is 1. The summed E-state index contributed by atoms with van der Waals surface area (Å²) in [6.07, 6.45) is 2.87. The van der Waals surface area contributed by atoms with Crippen LogP contribution in [0, 0.1) is 0 Å². The second-order valence-electron chi connectivity index (χ2n) is 5.26. The van der Waals surface area contributed by atoms with Gasteiger partial charge in [-0.3, -0.25) is 4.90 Å². The lowest BCUT2D eigenvalue weighted by Gasteiger charge is -2.33. The summed E-state index contributed by atoms with van der Waals surface area (Å²) < 4.78 is 0. The molecule has 2 aliphatic rings. The summed E-state index contributed by atoms with van der Waals surface area (Å²) in [5.74, 6) is 0.482. The van der Waals surface area contributed by atoms with E-state index in [9.17, 15) is 10.2 Å². The van der Waals surface area contributed by atoms with Crippen molar-refractivity contribution in [2.75, 3.05) is 19.7 Å². The van der Waals surface area contributed by atoms with Crippen LogP contribution in [0.5, 0.6) is 11.5 Å². The molecule has 1 aromatic rings. The van der Waals surface area contributed by atoms with Crippen molar-refractivity contribution >= 4 is 0 Å². The number of rotatable bonds is 2. The number of aliphatic hydroxyl groups is 1. The highest BCUT2D eigenvalue weighted by atomic mass is 16.3. The van der Waals surface area contributed by atoms with Crippen LogP contribution < -0.4 is 0 Å². The van der Waals surface area contributed by atoms with E-state index in [-0.39, 0.29) is 18.1 Å². The number of phenols is 2. The minimum atomic E-state index is -0.0163. The molecule has 4 heteroatoms. The second-order valence-corrected chi connectivity index (χ2v) is 5.26. The summed E-state index contributed by atoms with van der Waals surface area (Å²) in [6, 6.07) is 4.02. The Kier molecular flexibility index (Phi) is 2.92. The molecule has 3 N–H and O–H groups in total. The van der Waals surface area contributed by atoms with Gasteiger partial charge in [0, 0.05) is 24.1 Å². The van der Waals surface area contributed by atoms with Crippen LogP contribution in [0.15, 0.2) is 12.1 Å². The lowest BCUT2D eigenvalue weighted by Crippen LogP contribution is -2.36. The van der Waals surface area contributed by atoms with Crippen LogP contribution in [0.4, 0.5) is 0 Å². The van der Waals surface area contributed by atoms with Crippen molar-refractivity contribution in [2.45, 2.75) is 31.2 Å². The quantitative estimate of drug-likeness (QED) is 0.689. The molecule has 3 rings (SSSR count). The molecule has 18 heavy (non-hydrogen) atoms. The summed E-state index contributed by atoms with van der Waals surface area (Å²) in [7, 11) is 0. The molecule has 1 heterocycles. The third-order valence-corrected chi connectivity index (χ3v) is 4.44. The van der Waals surface area contributed by atoms with Gasteiger partial charge in [0.25, 0.3) is 0 Å². The highest BCUT2D eigenvalue weighted by Crippen LogP contribution is 2.46. The fourth-order valence-corrected chi connectivity index (χ4v) is 3.61. The zero-order valence-electron chi connectivity index (χ0n) is 10.3. The first kappa shape index (κ1) is 11.8. The van der Waals surface area contributed by atoms with Gasteiger partial charge in [0.05, 0.1) is 6.61 Å². The van der Waals surface area contributed by atoms with Gasteiger partial charge in [-0.2, -0.15) is 0 Å². The summed E-state index contributed by atoms with van der Waals surface area (Å²) in [5.41, 5.74) is 2.10. The average molecular weight is 249 g/mol. The third-order valence-electron chi connectivity index (χ3n) is 4.44. The van der Waals surface area contributed by atoms with E-state index in [0.29, 0.717) is 12.0 Å². The minimum absolute atomic E-state index is 0.0163. The van der Waals surface area contributed by atoms with E-state index in [1.807, 2.05) is 6.07 Å². The Bertz CT molecular complexity index is 461. The first-order valence-electron chi connectivity index (χ1n) is 6.61. The lowest BCUT2D eigenvalue weighted by molar-refractivity contribution is 0.171. The molecule has 2 atom stereocenters. The number of hydrogen-bond acceptors (Lipinski definition) is 4. The number of fused-ring (bicyclic) bond motifs is 3. The maximum absolute atomic E-state index is 9.93.